The molecular weight excluding hydrogens is 444 g/mol. The molecule has 0 aromatic heterocycles. The van der Waals surface area contributed by atoms with Gasteiger partial charge in [0.15, 0.2) is 17.3 Å². The quantitative estimate of drug-likeness (QED) is 0.670. The van der Waals surface area contributed by atoms with Crippen LogP contribution in [-0.4, -0.2) is 23.7 Å². The number of nitriles is 1. The normalized spacial score (nSPS) is 23.5. The van der Waals surface area contributed by atoms with E-state index >= 15 is 0 Å². The number of hydrogen-bond acceptors (Lipinski definition) is 5. The minimum Gasteiger partial charge on any atom is -0.503 e. The lowest BCUT2D eigenvalue weighted by atomic mass is 9.69. The number of ether oxygens (including phenoxy) is 1. The van der Waals surface area contributed by atoms with E-state index < -0.39 is 11.8 Å². The molecule has 2 aromatic rings. The highest BCUT2D eigenvalue weighted by Gasteiger charge is 2.41. The van der Waals surface area contributed by atoms with Gasteiger partial charge in [0, 0.05) is 29.3 Å². The van der Waals surface area contributed by atoms with Crippen LogP contribution in [0.1, 0.15) is 42.7 Å². The first-order valence-corrected chi connectivity index (χ1v) is 10.6. The van der Waals surface area contributed by atoms with Gasteiger partial charge in [-0.25, -0.2) is 0 Å². The molecule has 0 saturated heterocycles. The first-order valence-electron chi connectivity index (χ1n) is 9.77. The third-order valence-corrected chi connectivity index (χ3v) is 6.53. The smallest absolute Gasteiger partial charge is 0.172 e. The summed E-state index contributed by atoms with van der Waals surface area (Å²) in [6.45, 7) is 1.84. The van der Waals surface area contributed by atoms with E-state index in [-0.39, 0.29) is 17.5 Å². The summed E-state index contributed by atoms with van der Waals surface area (Å²) in [4.78, 5) is 18.0. The lowest BCUT2D eigenvalue weighted by molar-refractivity contribution is -0.116. The number of phenolic OH excluding ortho intramolecular Hbond substituents is 1. The Hall–Kier alpha value is -2.91. The maximum atomic E-state index is 13.3. The van der Waals surface area contributed by atoms with Gasteiger partial charge in [-0.1, -0.05) is 30.3 Å². The second kappa shape index (κ2) is 8.08. The third-order valence-electron chi connectivity index (χ3n) is 5.93. The van der Waals surface area contributed by atoms with Gasteiger partial charge in [0.2, 0.25) is 0 Å². The Balaban J connectivity index is 1.84. The molecule has 1 aliphatic carbocycles. The molecule has 6 heteroatoms. The number of nitrogens with zero attached hydrogens (tertiary/aromatic N) is 2. The summed E-state index contributed by atoms with van der Waals surface area (Å²) in [6.07, 6.45) is 1.05. The van der Waals surface area contributed by atoms with Crippen LogP contribution >= 0.6 is 15.9 Å². The molecule has 0 bridgehead atoms. The van der Waals surface area contributed by atoms with Crippen molar-refractivity contribution in [3.8, 4) is 17.6 Å². The van der Waals surface area contributed by atoms with Crippen LogP contribution in [0.5, 0.6) is 11.5 Å². The van der Waals surface area contributed by atoms with Crippen molar-refractivity contribution in [1.29, 1.82) is 5.26 Å². The molecule has 1 aliphatic heterocycles. The van der Waals surface area contributed by atoms with E-state index in [9.17, 15) is 15.2 Å². The van der Waals surface area contributed by atoms with Crippen LogP contribution < -0.4 is 4.74 Å². The molecule has 3 atom stereocenters. The van der Waals surface area contributed by atoms with Crippen molar-refractivity contribution in [3.05, 3.63) is 69.3 Å². The standard InChI is InChI=1S/C24H21BrN2O3/c1-13-17(12-26)22(16-8-18(25)24(29)21(11-16)30-2)23-19(27-13)9-15(10-20(23)28)14-6-4-3-5-7-14/h3-8,11,15,17,22,29H,9-10H2,1-2H3. The summed E-state index contributed by atoms with van der Waals surface area (Å²) in [5.41, 5.74) is 3.94. The second-order valence-corrected chi connectivity index (χ2v) is 8.54. The zero-order valence-corrected chi connectivity index (χ0v) is 18.3. The molecule has 1 N–H and O–H groups in total. The van der Waals surface area contributed by atoms with E-state index in [0.717, 1.165) is 16.8 Å². The number of carbonyl (C=O) groups excluding carboxylic acids is 1. The molecule has 3 unspecified atom stereocenters. The SMILES string of the molecule is COc1cc(C2C3=C(CC(c4ccccc4)CC3=O)N=C(C)C2C#N)cc(Br)c1O. The summed E-state index contributed by atoms with van der Waals surface area (Å²) in [5, 5.41) is 20.1. The number of methoxy groups -OCH3 is 1. The second-order valence-electron chi connectivity index (χ2n) is 7.69. The molecule has 0 radical (unpaired) electrons. The molecule has 0 spiro atoms. The number of allylic oxidation sites excluding steroid dienone is 2. The van der Waals surface area contributed by atoms with Crippen LogP contribution in [0.4, 0.5) is 0 Å². The predicted molar refractivity (Wildman–Crippen MR) is 118 cm³/mol. The highest BCUT2D eigenvalue weighted by molar-refractivity contribution is 9.10. The van der Waals surface area contributed by atoms with Crippen molar-refractivity contribution < 1.29 is 14.6 Å². The highest BCUT2D eigenvalue weighted by atomic mass is 79.9. The zero-order chi connectivity index (χ0) is 21.4. The van der Waals surface area contributed by atoms with Gasteiger partial charge in [-0.2, -0.15) is 5.26 Å². The fraction of sp³-hybridized carbons (Fsp3) is 0.292. The zero-order valence-electron chi connectivity index (χ0n) is 16.7. The summed E-state index contributed by atoms with van der Waals surface area (Å²) < 4.78 is 5.76. The van der Waals surface area contributed by atoms with Gasteiger partial charge >= 0.3 is 0 Å². The molecule has 2 aromatic carbocycles. The van der Waals surface area contributed by atoms with Gasteiger partial charge in [0.05, 0.1) is 23.6 Å². The van der Waals surface area contributed by atoms with Crippen LogP contribution in [0.25, 0.3) is 0 Å². The van der Waals surface area contributed by atoms with Crippen LogP contribution in [0.2, 0.25) is 0 Å². The van der Waals surface area contributed by atoms with Crippen molar-refractivity contribution in [3.63, 3.8) is 0 Å². The number of aliphatic imine (C=N–C) groups is 1. The van der Waals surface area contributed by atoms with Crippen molar-refractivity contribution in [2.75, 3.05) is 7.11 Å². The molecule has 2 aliphatic rings. The van der Waals surface area contributed by atoms with Gasteiger partial charge < -0.3 is 9.84 Å². The van der Waals surface area contributed by atoms with Crippen LogP contribution in [0.3, 0.4) is 0 Å². The highest BCUT2D eigenvalue weighted by Crippen LogP contribution is 2.48. The van der Waals surface area contributed by atoms with E-state index in [0.29, 0.717) is 34.3 Å². The molecule has 4 rings (SSSR count). The minimum absolute atomic E-state index is 0.00993. The Morgan fingerprint density at radius 3 is 2.60 bits per heavy atom. The minimum atomic E-state index is -0.554. The van der Waals surface area contributed by atoms with Gasteiger partial charge in [0.25, 0.3) is 0 Å². The fourth-order valence-electron chi connectivity index (χ4n) is 4.48. The van der Waals surface area contributed by atoms with Gasteiger partial charge in [-0.15, -0.1) is 0 Å². The number of aromatic hydroxyl groups is 1. The maximum Gasteiger partial charge on any atom is 0.172 e. The number of Topliss-reactive ketones (excluding diaryl/α,β-unsaturated/α-hetero) is 1. The van der Waals surface area contributed by atoms with Gasteiger partial charge in [-0.05, 0) is 58.5 Å². The molecule has 152 valence electrons. The molecule has 5 nitrogen and oxygen atoms in total. The summed E-state index contributed by atoms with van der Waals surface area (Å²) in [6, 6.07) is 15.8. The molecule has 0 amide bonds. The lowest BCUT2D eigenvalue weighted by Crippen LogP contribution is -2.32. The molecule has 30 heavy (non-hydrogen) atoms. The van der Waals surface area contributed by atoms with Crippen LogP contribution in [-0.2, 0) is 4.79 Å². The number of hydrogen-bond donors (Lipinski definition) is 1. The van der Waals surface area contributed by atoms with Gasteiger partial charge in [0.1, 0.15) is 0 Å². The van der Waals surface area contributed by atoms with E-state index in [2.05, 4.69) is 22.0 Å². The van der Waals surface area contributed by atoms with Crippen molar-refractivity contribution >= 4 is 27.4 Å². The van der Waals surface area contributed by atoms with Crippen molar-refractivity contribution in [1.82, 2.24) is 0 Å². The largest absolute Gasteiger partial charge is 0.503 e. The Bertz CT molecular complexity index is 1120. The average Bonchev–Trinajstić information content (AvgIpc) is 2.75. The predicted octanol–water partition coefficient (Wildman–Crippen LogP) is 5.26. The number of rotatable bonds is 3. The van der Waals surface area contributed by atoms with Crippen molar-refractivity contribution in [2.24, 2.45) is 10.9 Å². The molecule has 1 heterocycles. The fourth-order valence-corrected chi connectivity index (χ4v) is 4.94. The Morgan fingerprint density at radius 1 is 1.20 bits per heavy atom. The Kier molecular flexibility index (Phi) is 5.48. The Morgan fingerprint density at radius 2 is 1.93 bits per heavy atom. The number of phenols is 1. The van der Waals surface area contributed by atoms with E-state index in [1.54, 1.807) is 12.1 Å². The summed E-state index contributed by atoms with van der Waals surface area (Å²) >= 11 is 3.36. The molecule has 0 saturated carbocycles. The first kappa shape index (κ1) is 20.4. The molecule has 0 fully saturated rings. The monoisotopic (exact) mass is 464 g/mol. The number of halogens is 1. The van der Waals surface area contributed by atoms with Crippen molar-refractivity contribution in [2.45, 2.75) is 31.6 Å². The number of ketones is 1. The van der Waals surface area contributed by atoms with Crippen LogP contribution in [0.15, 0.2) is 63.2 Å². The van der Waals surface area contributed by atoms with E-state index in [1.807, 2.05) is 37.3 Å². The number of benzene rings is 2. The maximum absolute atomic E-state index is 13.3. The van der Waals surface area contributed by atoms with E-state index in [4.69, 9.17) is 9.73 Å². The summed E-state index contributed by atoms with van der Waals surface area (Å²) in [7, 11) is 1.47. The average molecular weight is 465 g/mol. The molecular formula is C24H21BrN2O3. The number of carbonyl (C=O) groups is 1. The third kappa shape index (κ3) is 3.44. The van der Waals surface area contributed by atoms with Crippen LogP contribution in [0, 0.1) is 17.2 Å². The van der Waals surface area contributed by atoms with Gasteiger partial charge in [-0.3, -0.25) is 9.79 Å². The summed E-state index contributed by atoms with van der Waals surface area (Å²) in [5.74, 6) is -0.614. The first-order chi connectivity index (χ1) is 14.4. The topological polar surface area (TPSA) is 82.7 Å². The van der Waals surface area contributed by atoms with E-state index in [1.165, 1.54) is 7.11 Å². The Labute approximate surface area is 183 Å². The lowest BCUT2D eigenvalue weighted by Gasteiger charge is -2.35.